The van der Waals surface area contributed by atoms with Crippen LogP contribution in [0.2, 0.25) is 0 Å². The summed E-state index contributed by atoms with van der Waals surface area (Å²) < 4.78 is 16.8. The molecular weight excluding hydrogens is 296 g/mol. The van der Waals surface area contributed by atoms with Crippen LogP contribution in [0.1, 0.15) is 24.8 Å². The Hall–Kier alpha value is -1.79. The second-order valence-corrected chi connectivity index (χ2v) is 6.45. The van der Waals surface area contributed by atoms with E-state index < -0.39 is 5.79 Å². The van der Waals surface area contributed by atoms with Gasteiger partial charge in [0, 0.05) is 19.4 Å². The van der Waals surface area contributed by atoms with Crippen LogP contribution in [-0.2, 0) is 16.0 Å². The van der Waals surface area contributed by atoms with Crippen molar-refractivity contribution in [3.05, 3.63) is 29.8 Å². The smallest absolute Gasteiger partial charge is 0.318 e. The van der Waals surface area contributed by atoms with E-state index in [0.29, 0.717) is 19.8 Å². The maximum Gasteiger partial charge on any atom is 0.318 e. The minimum atomic E-state index is -0.468. The molecule has 2 amide bonds. The Bertz CT molecular complexity index is 583. The summed E-state index contributed by atoms with van der Waals surface area (Å²) in [6.45, 7) is 1.92. The lowest BCUT2D eigenvalue weighted by atomic mass is 9.86. The zero-order valence-electron chi connectivity index (χ0n) is 13.3. The highest BCUT2D eigenvalue weighted by atomic mass is 16.7. The molecule has 0 bridgehead atoms. The molecule has 1 saturated carbocycles. The quantitative estimate of drug-likeness (QED) is 0.924. The molecule has 3 aliphatic rings. The maximum absolute atomic E-state index is 12.4. The first-order valence-electron chi connectivity index (χ1n) is 8.17. The molecule has 23 heavy (non-hydrogen) atoms. The molecular formula is C17H22N2O4. The van der Waals surface area contributed by atoms with Gasteiger partial charge in [-0.2, -0.15) is 0 Å². The highest BCUT2D eigenvalue weighted by molar-refractivity contribution is 5.77. The second kappa shape index (κ2) is 5.69. The van der Waals surface area contributed by atoms with Crippen molar-refractivity contribution in [2.24, 2.45) is 0 Å². The van der Waals surface area contributed by atoms with Gasteiger partial charge in [-0.15, -0.1) is 0 Å². The summed E-state index contributed by atoms with van der Waals surface area (Å²) in [5, 5.41) is 3.10. The third-order valence-electron chi connectivity index (χ3n) is 5.11. The number of benzene rings is 1. The van der Waals surface area contributed by atoms with Crippen molar-refractivity contribution in [3.63, 3.8) is 0 Å². The summed E-state index contributed by atoms with van der Waals surface area (Å²) in [5.74, 6) is 0.359. The van der Waals surface area contributed by atoms with Crippen molar-refractivity contribution in [1.29, 1.82) is 0 Å². The average Bonchev–Trinajstić information content (AvgIpc) is 3.13. The number of ether oxygens (including phenoxy) is 3. The molecule has 3 fully saturated rings. The summed E-state index contributed by atoms with van der Waals surface area (Å²) >= 11 is 0. The number of amides is 2. The number of fused-ring (bicyclic) bond motifs is 1. The number of hydrogen-bond donors (Lipinski definition) is 1. The van der Waals surface area contributed by atoms with E-state index in [0.717, 1.165) is 30.6 Å². The summed E-state index contributed by atoms with van der Waals surface area (Å²) in [6.07, 6.45) is 2.49. The molecule has 2 saturated heterocycles. The Morgan fingerprint density at radius 2 is 2.04 bits per heavy atom. The van der Waals surface area contributed by atoms with Gasteiger partial charge in [-0.1, -0.05) is 12.1 Å². The minimum Gasteiger partial charge on any atom is -0.497 e. The van der Waals surface area contributed by atoms with Gasteiger partial charge in [-0.05, 0) is 24.1 Å². The molecule has 1 aromatic rings. The fraction of sp³-hybridized carbons (Fsp3) is 0.588. The lowest BCUT2D eigenvalue weighted by Gasteiger charge is -2.39. The van der Waals surface area contributed by atoms with Gasteiger partial charge in [-0.25, -0.2) is 4.79 Å². The highest BCUT2D eigenvalue weighted by Gasteiger charge is 2.51. The fourth-order valence-electron chi connectivity index (χ4n) is 3.93. The average molecular weight is 318 g/mol. The highest BCUT2D eigenvalue weighted by Crippen LogP contribution is 2.40. The van der Waals surface area contributed by atoms with Gasteiger partial charge in [-0.3, -0.25) is 0 Å². The van der Waals surface area contributed by atoms with E-state index in [1.165, 1.54) is 0 Å². The first kappa shape index (κ1) is 14.8. The number of nitrogens with one attached hydrogen (secondary N) is 1. The third-order valence-corrected chi connectivity index (χ3v) is 5.11. The monoisotopic (exact) mass is 318 g/mol. The van der Waals surface area contributed by atoms with Crippen LogP contribution in [0.15, 0.2) is 24.3 Å². The molecule has 1 N–H and O–H groups in total. The van der Waals surface area contributed by atoms with Crippen LogP contribution in [-0.4, -0.2) is 49.1 Å². The maximum atomic E-state index is 12.4. The van der Waals surface area contributed by atoms with Gasteiger partial charge in [0.2, 0.25) is 0 Å². The van der Waals surface area contributed by atoms with Crippen LogP contribution in [0.5, 0.6) is 5.75 Å². The molecule has 1 aromatic carbocycles. The zero-order chi connectivity index (χ0) is 15.9. The molecule has 1 spiro atoms. The van der Waals surface area contributed by atoms with Gasteiger partial charge in [0.15, 0.2) is 5.79 Å². The fourth-order valence-corrected chi connectivity index (χ4v) is 3.93. The van der Waals surface area contributed by atoms with Crippen LogP contribution in [0.3, 0.4) is 0 Å². The molecule has 2 aliphatic heterocycles. The number of urea groups is 1. The lowest BCUT2D eigenvalue weighted by molar-refractivity contribution is -0.184. The van der Waals surface area contributed by atoms with E-state index in [-0.39, 0.29) is 18.1 Å². The van der Waals surface area contributed by atoms with Crippen molar-refractivity contribution >= 4 is 6.03 Å². The topological polar surface area (TPSA) is 60.0 Å². The van der Waals surface area contributed by atoms with E-state index >= 15 is 0 Å². The van der Waals surface area contributed by atoms with E-state index in [9.17, 15) is 4.79 Å². The Labute approximate surface area is 135 Å². The summed E-state index contributed by atoms with van der Waals surface area (Å²) in [7, 11) is 1.65. The number of hydrogen-bond acceptors (Lipinski definition) is 4. The molecule has 0 unspecified atom stereocenters. The molecule has 124 valence electrons. The largest absolute Gasteiger partial charge is 0.497 e. The van der Waals surface area contributed by atoms with Crippen LogP contribution in [0.4, 0.5) is 4.79 Å². The van der Waals surface area contributed by atoms with E-state index in [1.54, 1.807) is 7.11 Å². The first-order valence-corrected chi connectivity index (χ1v) is 8.17. The molecule has 0 radical (unpaired) electrons. The molecule has 2 atom stereocenters. The van der Waals surface area contributed by atoms with Gasteiger partial charge in [0.05, 0.1) is 32.4 Å². The first-order chi connectivity index (χ1) is 11.2. The molecule has 6 nitrogen and oxygen atoms in total. The Morgan fingerprint density at radius 1 is 1.30 bits per heavy atom. The Kier molecular flexibility index (Phi) is 3.66. The van der Waals surface area contributed by atoms with Crippen molar-refractivity contribution in [3.8, 4) is 5.75 Å². The minimum absolute atomic E-state index is 0.00543. The van der Waals surface area contributed by atoms with E-state index in [1.807, 2.05) is 29.2 Å². The molecule has 6 heteroatoms. The number of methoxy groups -OCH3 is 1. The summed E-state index contributed by atoms with van der Waals surface area (Å²) in [6, 6.07) is 8.19. The Balaban J connectivity index is 1.46. The Morgan fingerprint density at radius 3 is 2.74 bits per heavy atom. The SMILES string of the molecule is COc1ccc(CN2C(=O)N[C@H]3CC4(CC[C@@H]32)OCCO4)cc1. The molecule has 0 aromatic heterocycles. The predicted molar refractivity (Wildman–Crippen MR) is 83.1 cm³/mol. The van der Waals surface area contributed by atoms with Gasteiger partial charge >= 0.3 is 6.03 Å². The summed E-state index contributed by atoms with van der Waals surface area (Å²) in [4.78, 5) is 14.3. The molecule has 1 aliphatic carbocycles. The number of nitrogens with zero attached hydrogens (tertiary/aromatic N) is 1. The normalized spacial score (nSPS) is 28.7. The van der Waals surface area contributed by atoms with Crippen LogP contribution in [0, 0.1) is 0 Å². The van der Waals surface area contributed by atoms with E-state index in [2.05, 4.69) is 5.32 Å². The predicted octanol–water partition coefficient (Wildman–Crippen LogP) is 1.88. The summed E-state index contributed by atoms with van der Waals surface area (Å²) in [5.41, 5.74) is 1.11. The van der Waals surface area contributed by atoms with Crippen LogP contribution in [0.25, 0.3) is 0 Å². The van der Waals surface area contributed by atoms with Crippen molar-refractivity contribution in [2.75, 3.05) is 20.3 Å². The zero-order valence-corrected chi connectivity index (χ0v) is 13.3. The molecule has 4 rings (SSSR count). The van der Waals surface area contributed by atoms with E-state index in [4.69, 9.17) is 14.2 Å². The van der Waals surface area contributed by atoms with Crippen molar-refractivity contribution in [2.45, 2.75) is 43.7 Å². The van der Waals surface area contributed by atoms with Gasteiger partial charge in [0.1, 0.15) is 5.75 Å². The number of rotatable bonds is 3. The van der Waals surface area contributed by atoms with Crippen LogP contribution < -0.4 is 10.1 Å². The van der Waals surface area contributed by atoms with Crippen LogP contribution >= 0.6 is 0 Å². The molecule has 2 heterocycles. The number of carbonyl (C=O) groups excluding carboxylic acids is 1. The standard InChI is InChI=1S/C17H22N2O4/c1-21-13-4-2-12(3-5-13)11-19-15-6-7-17(22-8-9-23-17)10-14(15)18-16(19)20/h2-5,14-15H,6-11H2,1H3,(H,18,20)/t14-,15-/m0/s1. The van der Waals surface area contributed by atoms with Gasteiger partial charge in [0.25, 0.3) is 0 Å². The van der Waals surface area contributed by atoms with Crippen molar-refractivity contribution in [1.82, 2.24) is 10.2 Å². The number of carbonyl (C=O) groups is 1. The third kappa shape index (κ3) is 2.66. The second-order valence-electron chi connectivity index (χ2n) is 6.45. The lowest BCUT2D eigenvalue weighted by Crippen LogP contribution is -2.49. The van der Waals surface area contributed by atoms with Crippen molar-refractivity contribution < 1.29 is 19.0 Å². The van der Waals surface area contributed by atoms with Gasteiger partial charge < -0.3 is 24.4 Å².